The summed E-state index contributed by atoms with van der Waals surface area (Å²) in [5, 5.41) is 17.9. The smallest absolute Gasteiger partial charge is 0.252 e. The van der Waals surface area contributed by atoms with E-state index in [9.17, 15) is 5.11 Å². The number of aromatic nitrogens is 4. The molecular weight excluding hydrogens is 274 g/mol. The summed E-state index contributed by atoms with van der Waals surface area (Å²) in [6, 6.07) is 1.95. The van der Waals surface area contributed by atoms with Gasteiger partial charge < -0.3 is 14.4 Å². The van der Waals surface area contributed by atoms with Crippen molar-refractivity contribution < 1.29 is 14.4 Å². The zero-order chi connectivity index (χ0) is 14.8. The summed E-state index contributed by atoms with van der Waals surface area (Å²) in [4.78, 5) is 6.50. The Labute approximate surface area is 122 Å². The van der Waals surface area contributed by atoms with Crippen LogP contribution in [0.4, 0.5) is 0 Å². The molecule has 114 valence electrons. The van der Waals surface area contributed by atoms with Crippen molar-refractivity contribution >= 4 is 0 Å². The molecule has 2 aromatic rings. The van der Waals surface area contributed by atoms with Crippen LogP contribution in [0.15, 0.2) is 10.6 Å². The first-order chi connectivity index (χ1) is 10.2. The van der Waals surface area contributed by atoms with E-state index in [4.69, 9.17) is 9.26 Å². The lowest BCUT2D eigenvalue weighted by Crippen LogP contribution is -2.33. The fourth-order valence-corrected chi connectivity index (χ4v) is 2.42. The molecule has 0 saturated carbocycles. The summed E-state index contributed by atoms with van der Waals surface area (Å²) in [5.74, 6) is 1.15. The average molecular weight is 293 g/mol. The van der Waals surface area contributed by atoms with Crippen molar-refractivity contribution in [3.8, 4) is 0 Å². The average Bonchev–Trinajstić information content (AvgIpc) is 3.05. The van der Waals surface area contributed by atoms with Gasteiger partial charge in [-0.25, -0.2) is 0 Å². The minimum absolute atomic E-state index is 0.331. The van der Waals surface area contributed by atoms with Gasteiger partial charge in [-0.15, -0.1) is 0 Å². The number of rotatable bonds is 5. The maximum absolute atomic E-state index is 9.59. The number of methoxy groups -OCH3 is 1. The van der Waals surface area contributed by atoms with Crippen molar-refractivity contribution in [1.82, 2.24) is 24.8 Å². The third-order valence-corrected chi connectivity index (χ3v) is 3.47. The third-order valence-electron chi connectivity index (χ3n) is 3.47. The quantitative estimate of drug-likeness (QED) is 0.857. The van der Waals surface area contributed by atoms with Gasteiger partial charge >= 0.3 is 0 Å². The fourth-order valence-electron chi connectivity index (χ4n) is 2.42. The lowest BCUT2D eigenvalue weighted by atomic mass is 10.2. The molecule has 21 heavy (non-hydrogen) atoms. The van der Waals surface area contributed by atoms with Gasteiger partial charge in [0.1, 0.15) is 6.61 Å². The Morgan fingerprint density at radius 2 is 2.33 bits per heavy atom. The van der Waals surface area contributed by atoms with E-state index in [0.29, 0.717) is 30.6 Å². The molecule has 0 aliphatic carbocycles. The van der Waals surface area contributed by atoms with Crippen LogP contribution in [0.1, 0.15) is 36.1 Å². The van der Waals surface area contributed by atoms with Crippen LogP contribution in [0, 0.1) is 0 Å². The van der Waals surface area contributed by atoms with Gasteiger partial charge in [0.25, 0.3) is 5.89 Å². The SMILES string of the molecule is COCc1nc(CN2CCn3nc([C@@H](C)O)cc3C2)no1. The van der Waals surface area contributed by atoms with E-state index in [-0.39, 0.29) is 0 Å². The largest absolute Gasteiger partial charge is 0.387 e. The minimum atomic E-state index is -0.537. The highest BCUT2D eigenvalue weighted by Crippen LogP contribution is 2.18. The molecular formula is C13H19N5O3. The predicted molar refractivity (Wildman–Crippen MR) is 72.0 cm³/mol. The summed E-state index contributed by atoms with van der Waals surface area (Å²) in [7, 11) is 1.59. The normalized spacial score (nSPS) is 16.9. The summed E-state index contributed by atoms with van der Waals surface area (Å²) >= 11 is 0. The van der Waals surface area contributed by atoms with Gasteiger partial charge in [0, 0.05) is 20.2 Å². The van der Waals surface area contributed by atoms with E-state index in [1.165, 1.54) is 0 Å². The fraction of sp³-hybridized carbons (Fsp3) is 0.615. The molecule has 2 aromatic heterocycles. The van der Waals surface area contributed by atoms with Gasteiger partial charge in [0.05, 0.1) is 30.6 Å². The van der Waals surface area contributed by atoms with Crippen molar-refractivity contribution in [3.05, 3.63) is 29.2 Å². The Hall–Kier alpha value is -1.77. The van der Waals surface area contributed by atoms with Gasteiger partial charge in [-0.05, 0) is 13.0 Å². The van der Waals surface area contributed by atoms with Crippen LogP contribution < -0.4 is 0 Å². The summed E-state index contributed by atoms with van der Waals surface area (Å²) in [6.07, 6.45) is -0.537. The molecule has 0 aromatic carbocycles. The zero-order valence-electron chi connectivity index (χ0n) is 12.2. The maximum Gasteiger partial charge on any atom is 0.252 e. The van der Waals surface area contributed by atoms with E-state index in [1.54, 1.807) is 14.0 Å². The van der Waals surface area contributed by atoms with E-state index < -0.39 is 6.10 Å². The van der Waals surface area contributed by atoms with Crippen molar-refractivity contribution in [1.29, 1.82) is 0 Å². The number of hydrogen-bond acceptors (Lipinski definition) is 7. The predicted octanol–water partition coefficient (Wildman–Crippen LogP) is 0.482. The Balaban J connectivity index is 1.65. The molecule has 3 rings (SSSR count). The van der Waals surface area contributed by atoms with E-state index >= 15 is 0 Å². The molecule has 8 heteroatoms. The Kier molecular flexibility index (Phi) is 4.00. The first-order valence-corrected chi connectivity index (χ1v) is 6.93. The number of aliphatic hydroxyl groups excluding tert-OH is 1. The molecule has 0 radical (unpaired) electrons. The highest BCUT2D eigenvalue weighted by molar-refractivity contribution is 5.13. The monoisotopic (exact) mass is 293 g/mol. The number of aliphatic hydroxyl groups is 1. The summed E-state index contributed by atoms with van der Waals surface area (Å²) in [6.45, 7) is 5.10. The molecule has 0 saturated heterocycles. The van der Waals surface area contributed by atoms with E-state index in [0.717, 1.165) is 25.3 Å². The molecule has 3 heterocycles. The first kappa shape index (κ1) is 14.2. The number of nitrogens with zero attached hydrogens (tertiary/aromatic N) is 5. The minimum Gasteiger partial charge on any atom is -0.387 e. The van der Waals surface area contributed by atoms with Crippen LogP contribution in [0.3, 0.4) is 0 Å². The molecule has 0 spiro atoms. The Bertz CT molecular complexity index is 607. The van der Waals surface area contributed by atoms with Crippen LogP contribution in [0.5, 0.6) is 0 Å². The number of fused-ring (bicyclic) bond motifs is 1. The third kappa shape index (κ3) is 3.12. The summed E-state index contributed by atoms with van der Waals surface area (Å²) < 4.78 is 12.0. The van der Waals surface area contributed by atoms with Crippen molar-refractivity contribution in [2.24, 2.45) is 0 Å². The molecule has 1 aliphatic rings. The lowest BCUT2D eigenvalue weighted by Gasteiger charge is -2.26. The second kappa shape index (κ2) is 5.92. The highest BCUT2D eigenvalue weighted by Gasteiger charge is 2.21. The molecule has 1 aliphatic heterocycles. The van der Waals surface area contributed by atoms with Crippen molar-refractivity contribution in [2.75, 3.05) is 13.7 Å². The highest BCUT2D eigenvalue weighted by atomic mass is 16.5. The molecule has 8 nitrogen and oxygen atoms in total. The van der Waals surface area contributed by atoms with Crippen LogP contribution in [0.2, 0.25) is 0 Å². The topological polar surface area (TPSA) is 89.4 Å². The zero-order valence-corrected chi connectivity index (χ0v) is 12.2. The molecule has 0 amide bonds. The van der Waals surface area contributed by atoms with Gasteiger partial charge in [-0.3, -0.25) is 9.58 Å². The van der Waals surface area contributed by atoms with Crippen LogP contribution in [0.25, 0.3) is 0 Å². The van der Waals surface area contributed by atoms with Crippen molar-refractivity contribution in [2.45, 2.75) is 39.3 Å². The number of ether oxygens (including phenoxy) is 1. The molecule has 0 fully saturated rings. The molecule has 1 atom stereocenters. The van der Waals surface area contributed by atoms with Crippen LogP contribution in [-0.2, 0) is 31.0 Å². The second-order valence-corrected chi connectivity index (χ2v) is 5.21. The first-order valence-electron chi connectivity index (χ1n) is 6.93. The van der Waals surface area contributed by atoms with E-state index in [2.05, 4.69) is 20.1 Å². The lowest BCUT2D eigenvalue weighted by molar-refractivity contribution is 0.151. The Morgan fingerprint density at radius 3 is 3.10 bits per heavy atom. The maximum atomic E-state index is 9.59. The van der Waals surface area contributed by atoms with Gasteiger partial charge in [0.15, 0.2) is 5.82 Å². The number of hydrogen-bond donors (Lipinski definition) is 1. The van der Waals surface area contributed by atoms with Gasteiger partial charge in [-0.2, -0.15) is 10.1 Å². The van der Waals surface area contributed by atoms with Gasteiger partial charge in [0.2, 0.25) is 0 Å². The summed E-state index contributed by atoms with van der Waals surface area (Å²) in [5.41, 5.74) is 1.81. The van der Waals surface area contributed by atoms with Gasteiger partial charge in [-0.1, -0.05) is 5.16 Å². The van der Waals surface area contributed by atoms with E-state index in [1.807, 2.05) is 10.7 Å². The van der Waals surface area contributed by atoms with Crippen LogP contribution in [-0.4, -0.2) is 43.6 Å². The molecule has 1 N–H and O–H groups in total. The molecule has 0 bridgehead atoms. The second-order valence-electron chi connectivity index (χ2n) is 5.21. The Morgan fingerprint density at radius 1 is 1.48 bits per heavy atom. The van der Waals surface area contributed by atoms with Crippen LogP contribution >= 0.6 is 0 Å². The molecule has 0 unspecified atom stereocenters. The standard InChI is InChI=1S/C13H19N5O3/c1-9(19)11-5-10-6-17(3-4-18(10)15-11)7-12-14-13(8-20-2)21-16-12/h5,9,19H,3-4,6-8H2,1-2H3/t9-/m1/s1. The van der Waals surface area contributed by atoms with Crippen molar-refractivity contribution in [3.63, 3.8) is 0 Å².